The fourth-order valence-electron chi connectivity index (χ4n) is 1.94. The number of amides is 2. The number of benzene rings is 1. The van der Waals surface area contributed by atoms with Crippen molar-refractivity contribution in [2.24, 2.45) is 0 Å². The predicted octanol–water partition coefficient (Wildman–Crippen LogP) is 1.84. The van der Waals surface area contributed by atoms with Gasteiger partial charge in [0.05, 0.1) is 6.54 Å². The van der Waals surface area contributed by atoms with E-state index in [2.05, 4.69) is 5.32 Å². The first kappa shape index (κ1) is 13.5. The van der Waals surface area contributed by atoms with Gasteiger partial charge in [-0.05, 0) is 12.1 Å². The fourth-order valence-corrected chi connectivity index (χ4v) is 1.94. The largest absolute Gasteiger partial charge is 0.334 e. The summed E-state index contributed by atoms with van der Waals surface area (Å²) in [5.41, 5.74) is -0.163. The maximum Gasteiger partial charge on any atom is 0.317 e. The summed E-state index contributed by atoms with van der Waals surface area (Å²) in [7, 11) is 0. The number of hydrogen-bond donors (Lipinski definition) is 1. The third-order valence-electron chi connectivity index (χ3n) is 3.09. The van der Waals surface area contributed by atoms with Crippen LogP contribution in [0.3, 0.4) is 0 Å². The number of hydrogen-bond acceptors (Lipinski definition) is 2. The highest BCUT2D eigenvalue weighted by Crippen LogP contribution is 2.12. The van der Waals surface area contributed by atoms with E-state index >= 15 is 0 Å². The first-order valence-corrected chi connectivity index (χ1v) is 6.05. The van der Waals surface area contributed by atoms with Gasteiger partial charge in [-0.25, -0.2) is 13.6 Å². The highest BCUT2D eigenvalue weighted by Gasteiger charge is 2.20. The van der Waals surface area contributed by atoms with Gasteiger partial charge in [0.1, 0.15) is 17.4 Å². The van der Waals surface area contributed by atoms with Crippen molar-refractivity contribution < 1.29 is 18.4 Å². The van der Waals surface area contributed by atoms with Gasteiger partial charge >= 0.3 is 6.03 Å². The second-order valence-electron chi connectivity index (χ2n) is 4.38. The van der Waals surface area contributed by atoms with Crippen molar-refractivity contribution >= 4 is 11.8 Å². The van der Waals surface area contributed by atoms with E-state index in [-0.39, 0.29) is 17.9 Å². The average molecular weight is 268 g/mol. The molecule has 6 heteroatoms. The Morgan fingerprint density at radius 2 is 1.79 bits per heavy atom. The Balaban J connectivity index is 1.92. The third-order valence-corrected chi connectivity index (χ3v) is 3.09. The Morgan fingerprint density at radius 1 is 1.21 bits per heavy atom. The number of carbonyl (C=O) groups is 2. The number of rotatable bonds is 2. The molecule has 1 N–H and O–H groups in total. The Kier molecular flexibility index (Phi) is 4.09. The van der Waals surface area contributed by atoms with E-state index in [1.807, 2.05) is 0 Å². The van der Waals surface area contributed by atoms with Crippen LogP contribution < -0.4 is 5.32 Å². The molecule has 2 rings (SSSR count). The number of halogens is 2. The Bertz CT molecular complexity index is 475. The van der Waals surface area contributed by atoms with E-state index in [4.69, 9.17) is 0 Å². The molecule has 0 spiro atoms. The monoisotopic (exact) mass is 268 g/mol. The van der Waals surface area contributed by atoms with Crippen LogP contribution in [-0.4, -0.2) is 29.8 Å². The average Bonchev–Trinajstić information content (AvgIpc) is 2.38. The molecule has 4 nitrogen and oxygen atoms in total. The van der Waals surface area contributed by atoms with Gasteiger partial charge in [-0.2, -0.15) is 0 Å². The molecule has 102 valence electrons. The molecule has 0 aliphatic carbocycles. The van der Waals surface area contributed by atoms with E-state index in [0.29, 0.717) is 25.9 Å². The molecular weight excluding hydrogens is 254 g/mol. The van der Waals surface area contributed by atoms with E-state index < -0.39 is 17.7 Å². The second-order valence-corrected chi connectivity index (χ2v) is 4.38. The van der Waals surface area contributed by atoms with Crippen LogP contribution in [0.1, 0.15) is 18.4 Å². The highest BCUT2D eigenvalue weighted by molar-refractivity contribution is 5.82. The molecule has 0 bridgehead atoms. The van der Waals surface area contributed by atoms with E-state index in [1.165, 1.54) is 11.0 Å². The van der Waals surface area contributed by atoms with Crippen molar-refractivity contribution in [3.8, 4) is 0 Å². The van der Waals surface area contributed by atoms with Crippen molar-refractivity contribution in [1.82, 2.24) is 10.2 Å². The van der Waals surface area contributed by atoms with Crippen molar-refractivity contribution in [2.75, 3.05) is 13.1 Å². The smallest absolute Gasteiger partial charge is 0.317 e. The molecule has 1 aliphatic heterocycles. The maximum absolute atomic E-state index is 13.3. The third kappa shape index (κ3) is 3.27. The topological polar surface area (TPSA) is 49.4 Å². The molecule has 1 fully saturated rings. The zero-order valence-corrected chi connectivity index (χ0v) is 10.3. The number of nitrogens with one attached hydrogen (secondary N) is 1. The number of nitrogens with zero attached hydrogens (tertiary/aromatic N) is 1. The zero-order chi connectivity index (χ0) is 13.8. The molecule has 1 heterocycles. The summed E-state index contributed by atoms with van der Waals surface area (Å²) in [6.07, 6.45) is 0.670. The minimum Gasteiger partial charge on any atom is -0.334 e. The van der Waals surface area contributed by atoms with Crippen LogP contribution in [0.25, 0.3) is 0 Å². The van der Waals surface area contributed by atoms with Gasteiger partial charge in [0.25, 0.3) is 0 Å². The van der Waals surface area contributed by atoms with Gasteiger partial charge in [-0.3, -0.25) is 4.79 Å². The lowest BCUT2D eigenvalue weighted by Gasteiger charge is -2.26. The van der Waals surface area contributed by atoms with E-state index in [9.17, 15) is 18.4 Å². The summed E-state index contributed by atoms with van der Waals surface area (Å²) in [6.45, 7) is 0.497. The molecule has 1 aliphatic rings. The molecule has 1 aromatic carbocycles. The summed E-state index contributed by atoms with van der Waals surface area (Å²) in [6, 6.07) is 3.15. The van der Waals surface area contributed by atoms with Crippen LogP contribution in [0.4, 0.5) is 13.6 Å². The molecule has 0 aromatic heterocycles. The summed E-state index contributed by atoms with van der Waals surface area (Å²) in [5, 5.41) is 2.46. The Labute approximate surface area is 109 Å². The lowest BCUT2D eigenvalue weighted by atomic mass is 10.1. The van der Waals surface area contributed by atoms with Crippen molar-refractivity contribution in [2.45, 2.75) is 19.4 Å². The summed E-state index contributed by atoms with van der Waals surface area (Å²) < 4.78 is 26.7. The number of piperidine rings is 1. The van der Waals surface area contributed by atoms with Crippen LogP contribution in [0.2, 0.25) is 0 Å². The quantitative estimate of drug-likeness (QED) is 0.889. The van der Waals surface area contributed by atoms with Crippen molar-refractivity contribution in [3.05, 3.63) is 35.4 Å². The van der Waals surface area contributed by atoms with Crippen LogP contribution in [0.5, 0.6) is 0 Å². The van der Waals surface area contributed by atoms with Crippen LogP contribution in [0, 0.1) is 11.6 Å². The molecule has 19 heavy (non-hydrogen) atoms. The number of likely N-dealkylation sites (tertiary alicyclic amines) is 1. The number of carbonyl (C=O) groups excluding carboxylic acids is 2. The fraction of sp³-hybridized carbons (Fsp3) is 0.385. The number of urea groups is 1. The van der Waals surface area contributed by atoms with Crippen LogP contribution in [-0.2, 0) is 11.3 Å². The molecule has 0 atom stereocenters. The normalized spacial score (nSPS) is 15.5. The lowest BCUT2D eigenvalue weighted by Crippen LogP contribution is -2.44. The van der Waals surface area contributed by atoms with Crippen molar-refractivity contribution in [3.63, 3.8) is 0 Å². The summed E-state index contributed by atoms with van der Waals surface area (Å²) >= 11 is 0. The van der Waals surface area contributed by atoms with Gasteiger partial charge in [-0.1, -0.05) is 6.07 Å². The van der Waals surface area contributed by atoms with Gasteiger partial charge in [0.15, 0.2) is 0 Å². The molecule has 1 aromatic rings. The molecule has 1 saturated heterocycles. The second kappa shape index (κ2) is 5.77. The van der Waals surface area contributed by atoms with E-state index in [1.54, 1.807) is 0 Å². The standard InChI is InChI=1S/C13H14F2N2O2/c14-11-2-1-3-12(15)10(11)8-16-13(19)17-6-4-9(18)5-7-17/h1-3H,4-8H2,(H,16,19). The number of Topliss-reactive ketones (excluding diaryl/α,β-unsaturated/α-hetero) is 1. The molecule has 0 unspecified atom stereocenters. The lowest BCUT2D eigenvalue weighted by molar-refractivity contribution is -0.120. The van der Waals surface area contributed by atoms with Gasteiger partial charge in [-0.15, -0.1) is 0 Å². The Morgan fingerprint density at radius 3 is 2.37 bits per heavy atom. The first-order chi connectivity index (χ1) is 9.08. The molecular formula is C13H14F2N2O2. The SMILES string of the molecule is O=C1CCN(C(=O)NCc2c(F)cccc2F)CC1. The van der Waals surface area contributed by atoms with Gasteiger partial charge < -0.3 is 10.2 Å². The van der Waals surface area contributed by atoms with Gasteiger partial charge in [0, 0.05) is 31.5 Å². The summed E-state index contributed by atoms with van der Waals surface area (Å²) in [4.78, 5) is 24.3. The highest BCUT2D eigenvalue weighted by atomic mass is 19.1. The zero-order valence-electron chi connectivity index (χ0n) is 10.3. The molecule has 0 saturated carbocycles. The van der Waals surface area contributed by atoms with Crippen molar-refractivity contribution in [1.29, 1.82) is 0 Å². The van der Waals surface area contributed by atoms with E-state index in [0.717, 1.165) is 12.1 Å². The minimum absolute atomic E-state index is 0.129. The molecule has 2 amide bonds. The van der Waals surface area contributed by atoms with Gasteiger partial charge in [0.2, 0.25) is 0 Å². The summed E-state index contributed by atoms with van der Waals surface area (Å²) in [5.74, 6) is -1.24. The maximum atomic E-state index is 13.3. The van der Waals surface area contributed by atoms with Crippen LogP contribution in [0.15, 0.2) is 18.2 Å². The van der Waals surface area contributed by atoms with Crippen LogP contribution >= 0.6 is 0 Å². The first-order valence-electron chi connectivity index (χ1n) is 6.05. The predicted molar refractivity (Wildman–Crippen MR) is 64.4 cm³/mol. The molecule has 0 radical (unpaired) electrons. The Hall–Kier alpha value is -1.98. The minimum atomic E-state index is -0.686. The number of ketones is 1.